The fourth-order valence-electron chi connectivity index (χ4n) is 0.729. The molecule has 0 rings (SSSR count). The van der Waals surface area contributed by atoms with Crippen LogP contribution in [-0.2, 0) is 0 Å². The van der Waals surface area contributed by atoms with Gasteiger partial charge in [-0.3, -0.25) is 0 Å². The van der Waals surface area contributed by atoms with Crippen molar-refractivity contribution in [3.8, 4) is 11.8 Å². The maximum absolute atomic E-state index is 9.41. The highest BCUT2D eigenvalue weighted by Crippen LogP contribution is 2.09. The van der Waals surface area contributed by atoms with Crippen molar-refractivity contribution in [2.24, 2.45) is 0 Å². The summed E-state index contributed by atoms with van der Waals surface area (Å²) in [5.41, 5.74) is 0. The van der Waals surface area contributed by atoms with Crippen LogP contribution in [0.3, 0.4) is 0 Å². The average molecular weight is 172 g/mol. The van der Waals surface area contributed by atoms with Gasteiger partial charge in [0, 0.05) is 0 Å². The molecule has 1 unspecified atom stereocenters. The first-order chi connectivity index (χ1) is 4.95. The second-order valence-electron chi connectivity index (χ2n) is 3.26. The summed E-state index contributed by atoms with van der Waals surface area (Å²) >= 11 is 0. The molecule has 0 saturated heterocycles. The van der Waals surface area contributed by atoms with Crippen LogP contribution in [0.2, 0.25) is 19.1 Å². The zero-order valence-corrected chi connectivity index (χ0v) is 8.39. The normalized spacial score (nSPS) is 13.5. The summed E-state index contributed by atoms with van der Waals surface area (Å²) < 4.78 is 0. The molecule has 3 heteroatoms. The average Bonchev–Trinajstić information content (AvgIpc) is 1.83. The third-order valence-corrected chi connectivity index (χ3v) is 2.85. The number of hydrogen-bond donors (Lipinski definition) is 2. The first-order valence-corrected chi connectivity index (χ1v) is 6.94. The van der Waals surface area contributed by atoms with Gasteiger partial charge >= 0.3 is 0 Å². The SMILES string of the molecule is CC#CC(O)CC[Si](C)(C)O. The zero-order valence-electron chi connectivity index (χ0n) is 7.39. The molecule has 2 N–H and O–H groups in total. The van der Waals surface area contributed by atoms with E-state index in [1.54, 1.807) is 6.92 Å². The molecule has 0 aromatic heterocycles. The highest BCUT2D eigenvalue weighted by Gasteiger charge is 2.17. The summed E-state index contributed by atoms with van der Waals surface area (Å²) in [6.07, 6.45) is 0.0373. The number of hydrogen-bond acceptors (Lipinski definition) is 2. The molecule has 0 aliphatic heterocycles. The van der Waals surface area contributed by atoms with E-state index in [9.17, 15) is 4.80 Å². The van der Waals surface area contributed by atoms with E-state index in [4.69, 9.17) is 5.11 Å². The first kappa shape index (κ1) is 10.7. The van der Waals surface area contributed by atoms with Gasteiger partial charge in [0.15, 0.2) is 8.32 Å². The van der Waals surface area contributed by atoms with Crippen LogP contribution in [0.25, 0.3) is 0 Å². The first-order valence-electron chi connectivity index (χ1n) is 3.78. The van der Waals surface area contributed by atoms with Gasteiger partial charge in [-0.2, -0.15) is 0 Å². The van der Waals surface area contributed by atoms with Crippen molar-refractivity contribution in [2.75, 3.05) is 0 Å². The standard InChI is InChI=1S/C8H16O2Si/c1-4-5-8(9)6-7-11(2,3)10/h8-10H,6-7H2,1-3H3. The molecule has 0 saturated carbocycles. The molecule has 1 atom stereocenters. The van der Waals surface area contributed by atoms with Gasteiger partial charge in [-0.05, 0) is 32.5 Å². The van der Waals surface area contributed by atoms with E-state index >= 15 is 0 Å². The van der Waals surface area contributed by atoms with Gasteiger partial charge in [-0.1, -0.05) is 5.92 Å². The predicted molar refractivity (Wildman–Crippen MR) is 48.6 cm³/mol. The maximum atomic E-state index is 9.41. The van der Waals surface area contributed by atoms with E-state index in [1.807, 2.05) is 13.1 Å². The molecular weight excluding hydrogens is 156 g/mol. The van der Waals surface area contributed by atoms with Crippen molar-refractivity contribution in [2.45, 2.75) is 38.6 Å². The van der Waals surface area contributed by atoms with Crippen molar-refractivity contribution < 1.29 is 9.90 Å². The predicted octanol–water partition coefficient (Wildman–Crippen LogP) is 0.958. The molecule has 0 fully saturated rings. The van der Waals surface area contributed by atoms with Gasteiger partial charge in [0.25, 0.3) is 0 Å². The Morgan fingerprint density at radius 1 is 1.45 bits per heavy atom. The van der Waals surface area contributed by atoms with Gasteiger partial charge < -0.3 is 9.90 Å². The summed E-state index contributed by atoms with van der Waals surface area (Å²) in [6, 6.07) is 0.711. The van der Waals surface area contributed by atoms with E-state index in [0.29, 0.717) is 12.5 Å². The Morgan fingerprint density at radius 2 is 2.00 bits per heavy atom. The Kier molecular flexibility index (Phi) is 4.42. The highest BCUT2D eigenvalue weighted by molar-refractivity contribution is 6.69. The lowest BCUT2D eigenvalue weighted by Gasteiger charge is -2.13. The summed E-state index contributed by atoms with van der Waals surface area (Å²) in [5, 5.41) is 9.15. The topological polar surface area (TPSA) is 40.5 Å². The second-order valence-corrected chi connectivity index (χ2v) is 7.39. The number of aliphatic hydroxyl groups excluding tert-OH is 1. The molecule has 0 aromatic rings. The van der Waals surface area contributed by atoms with Gasteiger partial charge in [0.2, 0.25) is 0 Å². The largest absolute Gasteiger partial charge is 0.432 e. The number of rotatable bonds is 3. The third-order valence-electron chi connectivity index (χ3n) is 1.34. The Bertz CT molecular complexity index is 161. The van der Waals surface area contributed by atoms with Crippen LogP contribution in [0.1, 0.15) is 13.3 Å². The molecule has 0 heterocycles. The van der Waals surface area contributed by atoms with Crippen molar-refractivity contribution in [1.29, 1.82) is 0 Å². The van der Waals surface area contributed by atoms with Gasteiger partial charge in [-0.25, -0.2) is 0 Å². The molecule has 0 aliphatic rings. The Hall–Kier alpha value is -0.303. The van der Waals surface area contributed by atoms with Crippen LogP contribution in [0, 0.1) is 11.8 Å². The molecular formula is C8H16O2Si. The van der Waals surface area contributed by atoms with Crippen LogP contribution in [-0.4, -0.2) is 24.3 Å². The molecule has 0 spiro atoms. The fraction of sp³-hybridized carbons (Fsp3) is 0.750. The van der Waals surface area contributed by atoms with E-state index in [-0.39, 0.29) is 0 Å². The van der Waals surface area contributed by atoms with Crippen LogP contribution < -0.4 is 0 Å². The third kappa shape index (κ3) is 7.60. The molecule has 2 nitrogen and oxygen atoms in total. The summed E-state index contributed by atoms with van der Waals surface area (Å²) in [6.45, 7) is 5.42. The zero-order chi connectivity index (χ0) is 8.91. The van der Waals surface area contributed by atoms with Gasteiger partial charge in [-0.15, -0.1) is 5.92 Å². The van der Waals surface area contributed by atoms with Crippen LogP contribution in [0.4, 0.5) is 0 Å². The maximum Gasteiger partial charge on any atom is 0.182 e. The van der Waals surface area contributed by atoms with E-state index in [0.717, 1.165) is 0 Å². The Morgan fingerprint density at radius 3 is 2.36 bits per heavy atom. The molecule has 0 amide bonds. The monoisotopic (exact) mass is 172 g/mol. The van der Waals surface area contributed by atoms with Crippen molar-refractivity contribution in [3.05, 3.63) is 0 Å². The van der Waals surface area contributed by atoms with E-state index in [2.05, 4.69) is 11.8 Å². The minimum atomic E-state index is -1.98. The summed E-state index contributed by atoms with van der Waals surface area (Å²) in [7, 11) is -1.98. The smallest absolute Gasteiger partial charge is 0.182 e. The van der Waals surface area contributed by atoms with Crippen molar-refractivity contribution >= 4 is 8.32 Å². The lowest BCUT2D eigenvalue weighted by Crippen LogP contribution is -2.26. The van der Waals surface area contributed by atoms with Crippen molar-refractivity contribution in [1.82, 2.24) is 0 Å². The highest BCUT2D eigenvalue weighted by atomic mass is 28.4. The van der Waals surface area contributed by atoms with E-state index < -0.39 is 14.4 Å². The van der Waals surface area contributed by atoms with E-state index in [1.165, 1.54) is 0 Å². The van der Waals surface area contributed by atoms with Gasteiger partial charge in [0.05, 0.1) is 0 Å². The van der Waals surface area contributed by atoms with Crippen LogP contribution in [0.5, 0.6) is 0 Å². The minimum absolute atomic E-state index is 0.557. The van der Waals surface area contributed by atoms with Crippen LogP contribution in [0.15, 0.2) is 0 Å². The molecule has 11 heavy (non-hydrogen) atoms. The Balaban J connectivity index is 3.60. The number of aliphatic hydroxyl groups is 1. The minimum Gasteiger partial charge on any atom is -0.432 e. The summed E-state index contributed by atoms with van der Waals surface area (Å²) in [5.74, 6) is 5.27. The Labute approximate surface area is 69.4 Å². The molecule has 0 aromatic carbocycles. The fourth-order valence-corrected chi connectivity index (χ4v) is 1.71. The molecule has 0 aliphatic carbocycles. The second kappa shape index (κ2) is 4.55. The van der Waals surface area contributed by atoms with Gasteiger partial charge in [0.1, 0.15) is 6.10 Å². The van der Waals surface area contributed by atoms with Crippen molar-refractivity contribution in [3.63, 3.8) is 0 Å². The summed E-state index contributed by atoms with van der Waals surface area (Å²) in [4.78, 5) is 9.41. The molecule has 64 valence electrons. The lowest BCUT2D eigenvalue weighted by atomic mass is 10.3. The quantitative estimate of drug-likeness (QED) is 0.492. The molecule has 0 bridgehead atoms. The molecule has 0 radical (unpaired) electrons. The van der Waals surface area contributed by atoms with Crippen LogP contribution >= 0.6 is 0 Å². The lowest BCUT2D eigenvalue weighted by molar-refractivity contribution is 0.226.